The molecule has 0 saturated carbocycles. The molecule has 0 spiro atoms. The van der Waals surface area contributed by atoms with E-state index in [2.05, 4.69) is 11.6 Å². The van der Waals surface area contributed by atoms with Gasteiger partial charge in [-0.25, -0.2) is 4.79 Å². The molecule has 0 radical (unpaired) electrons. The Morgan fingerprint density at radius 2 is 2.43 bits per heavy atom. The molecule has 1 atom stereocenters. The number of nitrogens with zero attached hydrogens (tertiary/aromatic N) is 1. The van der Waals surface area contributed by atoms with Gasteiger partial charge in [-0.05, 0) is 6.92 Å². The van der Waals surface area contributed by atoms with E-state index in [1.54, 1.807) is 6.92 Å². The third-order valence-electron chi connectivity index (χ3n) is 1.68. The first-order valence-corrected chi connectivity index (χ1v) is 4.19. The molecule has 0 aliphatic heterocycles. The summed E-state index contributed by atoms with van der Waals surface area (Å²) in [5.41, 5.74) is -0.833. The predicted molar refractivity (Wildman–Crippen MR) is 52.1 cm³/mol. The van der Waals surface area contributed by atoms with E-state index in [4.69, 9.17) is 4.74 Å². The molecule has 1 unspecified atom stereocenters. The SMILES string of the molecule is C=COC(C)Cn1ccc(=O)[nH]c1=O. The van der Waals surface area contributed by atoms with Crippen LogP contribution in [0.2, 0.25) is 0 Å². The van der Waals surface area contributed by atoms with Gasteiger partial charge in [0, 0.05) is 12.3 Å². The van der Waals surface area contributed by atoms with E-state index in [0.717, 1.165) is 0 Å². The fraction of sp³-hybridized carbons (Fsp3) is 0.333. The zero-order valence-corrected chi connectivity index (χ0v) is 7.90. The van der Waals surface area contributed by atoms with Crippen molar-refractivity contribution in [3.63, 3.8) is 0 Å². The van der Waals surface area contributed by atoms with Crippen molar-refractivity contribution in [2.24, 2.45) is 0 Å². The first-order chi connectivity index (χ1) is 6.63. The van der Waals surface area contributed by atoms with Crippen molar-refractivity contribution < 1.29 is 4.74 Å². The molecule has 5 nitrogen and oxygen atoms in total. The number of hydrogen-bond acceptors (Lipinski definition) is 3. The van der Waals surface area contributed by atoms with Crippen molar-refractivity contribution in [2.75, 3.05) is 0 Å². The van der Waals surface area contributed by atoms with Crippen LogP contribution >= 0.6 is 0 Å². The molecular formula is C9H12N2O3. The number of hydrogen-bond donors (Lipinski definition) is 1. The van der Waals surface area contributed by atoms with Crippen LogP contribution in [0.3, 0.4) is 0 Å². The Balaban J connectivity index is 2.82. The van der Waals surface area contributed by atoms with E-state index in [1.807, 2.05) is 0 Å². The molecule has 1 aromatic rings. The molecule has 14 heavy (non-hydrogen) atoms. The lowest BCUT2D eigenvalue weighted by atomic mass is 10.4. The number of ether oxygens (including phenoxy) is 1. The average molecular weight is 196 g/mol. The topological polar surface area (TPSA) is 64.1 Å². The zero-order valence-electron chi connectivity index (χ0n) is 7.90. The van der Waals surface area contributed by atoms with Gasteiger partial charge in [0.15, 0.2) is 0 Å². The lowest BCUT2D eigenvalue weighted by molar-refractivity contribution is 0.143. The summed E-state index contributed by atoms with van der Waals surface area (Å²) in [7, 11) is 0. The van der Waals surface area contributed by atoms with Gasteiger partial charge in [0.25, 0.3) is 5.56 Å². The molecule has 0 aliphatic carbocycles. The van der Waals surface area contributed by atoms with E-state index >= 15 is 0 Å². The monoisotopic (exact) mass is 196 g/mol. The predicted octanol–water partition coefficient (Wildman–Crippen LogP) is 0.0852. The van der Waals surface area contributed by atoms with Crippen LogP contribution in [0.25, 0.3) is 0 Å². The Morgan fingerprint density at radius 1 is 1.71 bits per heavy atom. The number of aromatic amines is 1. The van der Waals surface area contributed by atoms with E-state index in [-0.39, 0.29) is 6.10 Å². The van der Waals surface area contributed by atoms with Crippen LogP contribution in [0.4, 0.5) is 0 Å². The largest absolute Gasteiger partial charge is 0.497 e. The van der Waals surface area contributed by atoms with Gasteiger partial charge in [0.1, 0.15) is 6.10 Å². The number of rotatable bonds is 4. The summed E-state index contributed by atoms with van der Waals surface area (Å²) in [6, 6.07) is 1.29. The Kier molecular flexibility index (Phi) is 3.28. The van der Waals surface area contributed by atoms with Crippen molar-refractivity contribution in [3.05, 3.63) is 45.9 Å². The normalized spacial score (nSPS) is 12.1. The van der Waals surface area contributed by atoms with Crippen LogP contribution in [0.5, 0.6) is 0 Å². The van der Waals surface area contributed by atoms with Crippen LogP contribution in [0.15, 0.2) is 34.7 Å². The lowest BCUT2D eigenvalue weighted by Gasteiger charge is -2.11. The molecule has 76 valence electrons. The first kappa shape index (κ1) is 10.3. The van der Waals surface area contributed by atoms with Gasteiger partial charge in [0.05, 0.1) is 12.8 Å². The van der Waals surface area contributed by atoms with E-state index in [9.17, 15) is 9.59 Å². The van der Waals surface area contributed by atoms with Crippen molar-refractivity contribution in [1.29, 1.82) is 0 Å². The van der Waals surface area contributed by atoms with Gasteiger partial charge in [-0.15, -0.1) is 0 Å². The fourth-order valence-corrected chi connectivity index (χ4v) is 1.07. The van der Waals surface area contributed by atoms with Gasteiger partial charge in [-0.1, -0.05) is 6.58 Å². The molecule has 0 aromatic carbocycles. The molecule has 1 N–H and O–H groups in total. The Labute approximate surface area is 80.7 Å². The minimum Gasteiger partial charge on any atom is -0.497 e. The summed E-state index contributed by atoms with van der Waals surface area (Å²) in [4.78, 5) is 24.1. The minimum absolute atomic E-state index is 0.156. The summed E-state index contributed by atoms with van der Waals surface area (Å²) in [6.45, 7) is 5.59. The quantitative estimate of drug-likeness (QED) is 0.694. The molecule has 0 saturated heterocycles. The highest BCUT2D eigenvalue weighted by molar-refractivity contribution is 4.83. The average Bonchev–Trinajstić information content (AvgIpc) is 2.10. The van der Waals surface area contributed by atoms with Gasteiger partial charge >= 0.3 is 5.69 Å². The van der Waals surface area contributed by atoms with Gasteiger partial charge in [-0.2, -0.15) is 0 Å². The van der Waals surface area contributed by atoms with E-state index < -0.39 is 11.2 Å². The molecule has 1 rings (SSSR count). The van der Waals surface area contributed by atoms with Gasteiger partial charge in [-0.3, -0.25) is 14.3 Å². The Bertz CT molecular complexity index is 419. The number of aromatic nitrogens is 2. The highest BCUT2D eigenvalue weighted by Crippen LogP contribution is 1.93. The van der Waals surface area contributed by atoms with Crippen molar-refractivity contribution in [1.82, 2.24) is 9.55 Å². The maximum Gasteiger partial charge on any atom is 0.328 e. The summed E-state index contributed by atoms with van der Waals surface area (Å²) in [5.74, 6) is 0. The second-order valence-electron chi connectivity index (χ2n) is 2.88. The van der Waals surface area contributed by atoms with Gasteiger partial charge < -0.3 is 4.74 Å². The Morgan fingerprint density at radius 3 is 3.00 bits per heavy atom. The highest BCUT2D eigenvalue weighted by atomic mass is 16.5. The summed E-state index contributed by atoms with van der Waals surface area (Å²) >= 11 is 0. The molecular weight excluding hydrogens is 184 g/mol. The lowest BCUT2D eigenvalue weighted by Crippen LogP contribution is -2.31. The minimum atomic E-state index is -0.433. The second kappa shape index (κ2) is 4.45. The molecule has 1 heterocycles. The number of nitrogens with one attached hydrogen (secondary N) is 1. The molecule has 0 aliphatic rings. The number of H-pyrrole nitrogens is 1. The van der Waals surface area contributed by atoms with E-state index in [0.29, 0.717) is 6.54 Å². The van der Waals surface area contributed by atoms with Crippen LogP contribution in [0.1, 0.15) is 6.92 Å². The second-order valence-corrected chi connectivity index (χ2v) is 2.88. The fourth-order valence-electron chi connectivity index (χ4n) is 1.07. The third kappa shape index (κ3) is 2.62. The summed E-state index contributed by atoms with van der Waals surface area (Å²) in [6.07, 6.45) is 2.60. The molecule has 5 heteroatoms. The zero-order chi connectivity index (χ0) is 10.6. The van der Waals surface area contributed by atoms with E-state index in [1.165, 1.54) is 23.1 Å². The van der Waals surface area contributed by atoms with Crippen molar-refractivity contribution >= 4 is 0 Å². The van der Waals surface area contributed by atoms with Crippen molar-refractivity contribution in [3.8, 4) is 0 Å². The first-order valence-electron chi connectivity index (χ1n) is 4.19. The summed E-state index contributed by atoms with van der Waals surface area (Å²) in [5, 5.41) is 0. The maximum atomic E-state index is 11.2. The molecule has 0 amide bonds. The standard InChI is InChI=1S/C9H12N2O3/c1-3-14-7(2)6-11-5-4-8(12)10-9(11)13/h3-5,7H,1,6H2,2H3,(H,10,12,13). The smallest absolute Gasteiger partial charge is 0.328 e. The highest BCUT2D eigenvalue weighted by Gasteiger charge is 2.03. The third-order valence-corrected chi connectivity index (χ3v) is 1.68. The Hall–Kier alpha value is -1.78. The van der Waals surface area contributed by atoms with Crippen LogP contribution < -0.4 is 11.2 Å². The van der Waals surface area contributed by atoms with Gasteiger partial charge in [0.2, 0.25) is 0 Å². The van der Waals surface area contributed by atoms with Crippen LogP contribution in [0, 0.1) is 0 Å². The van der Waals surface area contributed by atoms with Crippen LogP contribution in [-0.4, -0.2) is 15.7 Å². The maximum absolute atomic E-state index is 11.2. The van der Waals surface area contributed by atoms with Crippen molar-refractivity contribution in [2.45, 2.75) is 19.6 Å². The van der Waals surface area contributed by atoms with Crippen LogP contribution in [-0.2, 0) is 11.3 Å². The summed E-state index contributed by atoms with van der Waals surface area (Å²) < 4.78 is 6.41. The molecule has 1 aromatic heterocycles. The molecule has 0 bridgehead atoms. The molecule has 0 fully saturated rings.